The Morgan fingerprint density at radius 3 is 2.22 bits per heavy atom. The van der Waals surface area contributed by atoms with E-state index in [9.17, 15) is 4.79 Å². The molecule has 0 radical (unpaired) electrons. The van der Waals surface area contributed by atoms with Gasteiger partial charge in [0.2, 0.25) is 0 Å². The molecular formula is C21H18O2. The van der Waals surface area contributed by atoms with Crippen molar-refractivity contribution in [3.63, 3.8) is 0 Å². The molecule has 0 heterocycles. The Hall–Kier alpha value is -2.87. The van der Waals surface area contributed by atoms with Gasteiger partial charge in [0, 0.05) is 5.56 Å². The van der Waals surface area contributed by atoms with Crippen molar-refractivity contribution in [2.75, 3.05) is 0 Å². The van der Waals surface area contributed by atoms with Crippen LogP contribution in [0.3, 0.4) is 0 Å². The number of rotatable bonds is 5. The zero-order chi connectivity index (χ0) is 16.1. The Bertz CT molecular complexity index is 793. The lowest BCUT2D eigenvalue weighted by Crippen LogP contribution is -2.06. The first kappa shape index (κ1) is 15.0. The smallest absolute Gasteiger partial charge is 0.196 e. The zero-order valence-electron chi connectivity index (χ0n) is 13.0. The molecule has 0 N–H and O–H groups in total. The molecule has 0 saturated carbocycles. The van der Waals surface area contributed by atoms with E-state index >= 15 is 0 Å². The highest BCUT2D eigenvalue weighted by molar-refractivity contribution is 6.10. The minimum absolute atomic E-state index is 0.0163. The molecule has 0 aromatic heterocycles. The molecule has 3 aromatic rings. The molecule has 0 bridgehead atoms. The maximum atomic E-state index is 12.8. The number of aryl methyl sites for hydroxylation is 1. The predicted molar refractivity (Wildman–Crippen MR) is 91.8 cm³/mol. The van der Waals surface area contributed by atoms with E-state index in [1.165, 1.54) is 0 Å². The number of hydrogen-bond acceptors (Lipinski definition) is 2. The van der Waals surface area contributed by atoms with Gasteiger partial charge in [-0.1, -0.05) is 72.3 Å². The highest BCUT2D eigenvalue weighted by Gasteiger charge is 2.15. The van der Waals surface area contributed by atoms with Gasteiger partial charge in [-0.05, 0) is 24.6 Å². The van der Waals surface area contributed by atoms with Crippen molar-refractivity contribution in [1.82, 2.24) is 0 Å². The van der Waals surface area contributed by atoms with Gasteiger partial charge >= 0.3 is 0 Å². The fourth-order valence-corrected chi connectivity index (χ4v) is 2.43. The molecule has 0 aliphatic carbocycles. The lowest BCUT2D eigenvalue weighted by Gasteiger charge is -2.12. The summed E-state index contributed by atoms with van der Waals surface area (Å²) in [4.78, 5) is 12.8. The highest BCUT2D eigenvalue weighted by Crippen LogP contribution is 2.24. The molecule has 2 heteroatoms. The third-order valence-electron chi connectivity index (χ3n) is 3.65. The summed E-state index contributed by atoms with van der Waals surface area (Å²) >= 11 is 0. The SMILES string of the molecule is Cc1ccc(OCc2ccccc2)c(C(=O)c2ccccc2)c1. The van der Waals surface area contributed by atoms with Crippen LogP contribution in [-0.2, 0) is 6.61 Å². The first-order chi connectivity index (χ1) is 11.2. The molecule has 3 aromatic carbocycles. The molecule has 2 nitrogen and oxygen atoms in total. The lowest BCUT2D eigenvalue weighted by atomic mass is 10.0. The summed E-state index contributed by atoms with van der Waals surface area (Å²) in [6, 6.07) is 24.9. The van der Waals surface area contributed by atoms with Crippen LogP contribution in [0.25, 0.3) is 0 Å². The van der Waals surface area contributed by atoms with E-state index in [0.29, 0.717) is 23.5 Å². The summed E-state index contributed by atoms with van der Waals surface area (Å²) in [5, 5.41) is 0. The van der Waals surface area contributed by atoms with E-state index in [2.05, 4.69) is 0 Å². The lowest BCUT2D eigenvalue weighted by molar-refractivity contribution is 0.103. The molecule has 0 amide bonds. The highest BCUT2D eigenvalue weighted by atomic mass is 16.5. The average molecular weight is 302 g/mol. The first-order valence-corrected chi connectivity index (χ1v) is 7.61. The van der Waals surface area contributed by atoms with Crippen molar-refractivity contribution in [2.24, 2.45) is 0 Å². The molecule has 0 spiro atoms. The second-order valence-electron chi connectivity index (χ2n) is 5.47. The molecule has 23 heavy (non-hydrogen) atoms. The van der Waals surface area contributed by atoms with Gasteiger partial charge in [0.15, 0.2) is 5.78 Å². The Morgan fingerprint density at radius 1 is 0.870 bits per heavy atom. The molecule has 0 saturated heterocycles. The van der Waals surface area contributed by atoms with Gasteiger partial charge in [-0.15, -0.1) is 0 Å². The molecular weight excluding hydrogens is 284 g/mol. The van der Waals surface area contributed by atoms with Gasteiger partial charge in [-0.25, -0.2) is 0 Å². The monoisotopic (exact) mass is 302 g/mol. The Kier molecular flexibility index (Phi) is 4.53. The van der Waals surface area contributed by atoms with Crippen LogP contribution in [0.5, 0.6) is 5.75 Å². The Labute approximate surface area is 136 Å². The standard InChI is InChI=1S/C21H18O2/c1-16-12-13-20(23-15-17-8-4-2-5-9-17)19(14-16)21(22)18-10-6-3-7-11-18/h2-14H,15H2,1H3. The molecule has 0 fully saturated rings. The number of benzene rings is 3. The Balaban J connectivity index is 1.87. The van der Waals surface area contributed by atoms with Gasteiger partial charge in [0.25, 0.3) is 0 Å². The molecule has 3 rings (SSSR count). The van der Waals surface area contributed by atoms with Gasteiger partial charge in [0.05, 0.1) is 5.56 Å². The van der Waals surface area contributed by atoms with Crippen molar-refractivity contribution in [2.45, 2.75) is 13.5 Å². The number of ketones is 1. The summed E-state index contributed by atoms with van der Waals surface area (Å²) in [5.41, 5.74) is 3.39. The first-order valence-electron chi connectivity index (χ1n) is 7.61. The van der Waals surface area contributed by atoms with Crippen LogP contribution in [0.15, 0.2) is 78.9 Å². The zero-order valence-corrected chi connectivity index (χ0v) is 13.0. The van der Waals surface area contributed by atoms with Crippen molar-refractivity contribution in [3.8, 4) is 5.75 Å². The van der Waals surface area contributed by atoms with Crippen LogP contribution in [0, 0.1) is 6.92 Å². The van der Waals surface area contributed by atoms with Crippen molar-refractivity contribution >= 4 is 5.78 Å². The second kappa shape index (κ2) is 6.93. The molecule has 0 unspecified atom stereocenters. The maximum Gasteiger partial charge on any atom is 0.196 e. The Morgan fingerprint density at radius 2 is 1.52 bits per heavy atom. The van der Waals surface area contributed by atoms with Crippen LogP contribution in [0.4, 0.5) is 0 Å². The summed E-state index contributed by atoms with van der Waals surface area (Å²) < 4.78 is 5.90. The molecule has 114 valence electrons. The summed E-state index contributed by atoms with van der Waals surface area (Å²) in [6.07, 6.45) is 0. The number of carbonyl (C=O) groups is 1. The van der Waals surface area contributed by atoms with Crippen LogP contribution in [0.1, 0.15) is 27.0 Å². The summed E-state index contributed by atoms with van der Waals surface area (Å²) in [7, 11) is 0. The minimum atomic E-state index is -0.0163. The van der Waals surface area contributed by atoms with Gasteiger partial charge in [-0.2, -0.15) is 0 Å². The van der Waals surface area contributed by atoms with Crippen LogP contribution in [-0.4, -0.2) is 5.78 Å². The number of ether oxygens (including phenoxy) is 1. The van der Waals surface area contributed by atoms with E-state index in [1.54, 1.807) is 0 Å². The van der Waals surface area contributed by atoms with E-state index in [-0.39, 0.29) is 5.78 Å². The van der Waals surface area contributed by atoms with Crippen molar-refractivity contribution in [1.29, 1.82) is 0 Å². The van der Waals surface area contributed by atoms with Gasteiger partial charge < -0.3 is 4.74 Å². The molecule has 0 atom stereocenters. The number of hydrogen-bond donors (Lipinski definition) is 0. The third kappa shape index (κ3) is 3.67. The quantitative estimate of drug-likeness (QED) is 0.632. The van der Waals surface area contributed by atoms with E-state index < -0.39 is 0 Å². The van der Waals surface area contributed by atoms with Gasteiger partial charge in [-0.3, -0.25) is 4.79 Å². The maximum absolute atomic E-state index is 12.8. The van der Waals surface area contributed by atoms with Crippen molar-refractivity contribution < 1.29 is 9.53 Å². The predicted octanol–water partition coefficient (Wildman–Crippen LogP) is 4.81. The molecule has 0 aliphatic heterocycles. The average Bonchev–Trinajstić information content (AvgIpc) is 2.61. The number of carbonyl (C=O) groups excluding carboxylic acids is 1. The third-order valence-corrected chi connectivity index (χ3v) is 3.65. The fourth-order valence-electron chi connectivity index (χ4n) is 2.43. The normalized spacial score (nSPS) is 10.3. The van der Waals surface area contributed by atoms with Crippen LogP contribution >= 0.6 is 0 Å². The summed E-state index contributed by atoms with van der Waals surface area (Å²) in [5.74, 6) is 0.602. The summed E-state index contributed by atoms with van der Waals surface area (Å²) in [6.45, 7) is 2.42. The second-order valence-corrected chi connectivity index (χ2v) is 5.47. The fraction of sp³-hybridized carbons (Fsp3) is 0.0952. The van der Waals surface area contributed by atoms with E-state index in [0.717, 1.165) is 11.1 Å². The topological polar surface area (TPSA) is 26.3 Å². The van der Waals surface area contributed by atoms with E-state index in [1.807, 2.05) is 85.8 Å². The molecule has 0 aliphatic rings. The van der Waals surface area contributed by atoms with Crippen molar-refractivity contribution in [3.05, 3.63) is 101 Å². The largest absolute Gasteiger partial charge is 0.488 e. The van der Waals surface area contributed by atoms with Gasteiger partial charge in [0.1, 0.15) is 12.4 Å². The van der Waals surface area contributed by atoms with Crippen LogP contribution in [0.2, 0.25) is 0 Å². The van der Waals surface area contributed by atoms with Crippen LogP contribution < -0.4 is 4.74 Å². The minimum Gasteiger partial charge on any atom is -0.488 e. The van der Waals surface area contributed by atoms with E-state index in [4.69, 9.17) is 4.74 Å².